The molecule has 0 bridgehead atoms. The minimum atomic E-state index is -1.55. The van der Waals surface area contributed by atoms with Crippen molar-refractivity contribution in [3.63, 3.8) is 0 Å². The molecule has 3 heteroatoms. The van der Waals surface area contributed by atoms with Crippen LogP contribution in [0.5, 0.6) is 0 Å². The first kappa shape index (κ1) is 12.5. The summed E-state index contributed by atoms with van der Waals surface area (Å²) >= 11 is 6.65. The molecule has 0 radical (unpaired) electrons. The van der Waals surface area contributed by atoms with Crippen molar-refractivity contribution in [2.75, 3.05) is 13.1 Å². The highest BCUT2D eigenvalue weighted by molar-refractivity contribution is 7.18. The van der Waals surface area contributed by atoms with Gasteiger partial charge in [0.2, 0.25) is 7.55 Å². The molecule has 12 heavy (non-hydrogen) atoms. The van der Waals surface area contributed by atoms with Gasteiger partial charge in [-0.15, -0.1) is 11.1 Å². The zero-order valence-corrected chi connectivity index (χ0v) is 10.6. The zero-order chi connectivity index (χ0) is 9.61. The Morgan fingerprint density at radius 1 is 1.08 bits per heavy atom. The average Bonchev–Trinajstić information content (AvgIpc) is 2.07. The summed E-state index contributed by atoms with van der Waals surface area (Å²) in [7, 11) is -1.55. The Balaban J connectivity index is 4.24. The van der Waals surface area contributed by atoms with E-state index in [1.165, 1.54) is 18.5 Å². The molecule has 0 aliphatic carbocycles. The Labute approximate surface area is 82.9 Å². The molecule has 0 spiro atoms. The van der Waals surface area contributed by atoms with Crippen molar-refractivity contribution in [1.82, 2.24) is 4.57 Å². The lowest BCUT2D eigenvalue weighted by Crippen LogP contribution is -2.48. The highest BCUT2D eigenvalue weighted by atomic mass is 35.6. The van der Waals surface area contributed by atoms with Crippen LogP contribution >= 0.6 is 11.1 Å². The number of hydrogen-bond acceptors (Lipinski definition) is 1. The van der Waals surface area contributed by atoms with Gasteiger partial charge in [-0.1, -0.05) is 34.1 Å². The van der Waals surface area contributed by atoms with Crippen LogP contribution in [0.4, 0.5) is 0 Å². The minimum Gasteiger partial charge on any atom is -0.312 e. The van der Waals surface area contributed by atoms with E-state index in [1.807, 2.05) is 0 Å². The van der Waals surface area contributed by atoms with Crippen LogP contribution in [0.25, 0.3) is 0 Å². The Morgan fingerprint density at radius 3 is 1.83 bits per heavy atom. The molecule has 0 saturated carbocycles. The molecular weight excluding hydrogens is 186 g/mol. The van der Waals surface area contributed by atoms with Crippen molar-refractivity contribution in [3.8, 4) is 0 Å². The standard InChI is InChI=1S/C9H22ClNSi/c1-5-9-12(10,8-4)11(6-2)7-3/h5-9H2,1-4H3. The van der Waals surface area contributed by atoms with Gasteiger partial charge in [-0.3, -0.25) is 0 Å². The van der Waals surface area contributed by atoms with Crippen molar-refractivity contribution in [2.45, 2.75) is 46.2 Å². The summed E-state index contributed by atoms with van der Waals surface area (Å²) in [6.45, 7) is 11.1. The molecule has 0 rings (SSSR count). The third-order valence-corrected chi connectivity index (χ3v) is 8.71. The molecule has 74 valence electrons. The lowest BCUT2D eigenvalue weighted by molar-refractivity contribution is 0.468. The van der Waals surface area contributed by atoms with Crippen molar-refractivity contribution in [3.05, 3.63) is 0 Å². The molecular formula is C9H22ClNSi. The first-order valence-electron chi connectivity index (χ1n) is 5.08. The maximum Gasteiger partial charge on any atom is 0.228 e. The van der Waals surface area contributed by atoms with Gasteiger partial charge >= 0.3 is 0 Å². The Kier molecular flexibility index (Phi) is 6.24. The van der Waals surface area contributed by atoms with E-state index in [1.54, 1.807) is 0 Å². The highest BCUT2D eigenvalue weighted by Gasteiger charge is 2.33. The molecule has 0 N–H and O–H groups in total. The van der Waals surface area contributed by atoms with Crippen molar-refractivity contribution < 1.29 is 0 Å². The first-order valence-corrected chi connectivity index (χ1v) is 8.45. The monoisotopic (exact) mass is 207 g/mol. The van der Waals surface area contributed by atoms with E-state index < -0.39 is 7.55 Å². The summed E-state index contributed by atoms with van der Waals surface area (Å²) in [5, 5.41) is 0. The quantitative estimate of drug-likeness (QED) is 0.477. The summed E-state index contributed by atoms with van der Waals surface area (Å²) in [6.07, 6.45) is 1.22. The van der Waals surface area contributed by atoms with Gasteiger partial charge in [0.15, 0.2) is 0 Å². The summed E-state index contributed by atoms with van der Waals surface area (Å²) < 4.78 is 2.48. The van der Waals surface area contributed by atoms with E-state index in [0.29, 0.717) is 0 Å². The van der Waals surface area contributed by atoms with Gasteiger partial charge in [0.05, 0.1) is 0 Å². The number of hydrogen-bond donors (Lipinski definition) is 0. The Morgan fingerprint density at radius 2 is 1.58 bits per heavy atom. The van der Waals surface area contributed by atoms with E-state index in [0.717, 1.165) is 13.1 Å². The zero-order valence-electron chi connectivity index (χ0n) is 8.86. The number of halogens is 1. The van der Waals surface area contributed by atoms with Crippen LogP contribution in [0.15, 0.2) is 0 Å². The second-order valence-corrected chi connectivity index (χ2v) is 8.98. The number of rotatable bonds is 6. The molecule has 0 aromatic rings. The second-order valence-electron chi connectivity index (χ2n) is 3.19. The maximum absolute atomic E-state index is 6.65. The molecule has 0 aromatic carbocycles. The van der Waals surface area contributed by atoms with Gasteiger partial charge in [0.1, 0.15) is 0 Å². The van der Waals surface area contributed by atoms with Crippen molar-refractivity contribution in [1.29, 1.82) is 0 Å². The van der Waals surface area contributed by atoms with E-state index in [9.17, 15) is 0 Å². The third-order valence-electron chi connectivity index (χ3n) is 2.50. The van der Waals surface area contributed by atoms with Crippen LogP contribution in [-0.2, 0) is 0 Å². The van der Waals surface area contributed by atoms with Gasteiger partial charge in [-0.25, -0.2) is 0 Å². The van der Waals surface area contributed by atoms with E-state index in [-0.39, 0.29) is 0 Å². The van der Waals surface area contributed by atoms with E-state index in [4.69, 9.17) is 11.1 Å². The lowest BCUT2D eigenvalue weighted by Gasteiger charge is -2.34. The van der Waals surface area contributed by atoms with Crippen LogP contribution in [0.1, 0.15) is 34.1 Å². The molecule has 0 aromatic heterocycles. The van der Waals surface area contributed by atoms with Crippen molar-refractivity contribution >= 4 is 18.6 Å². The van der Waals surface area contributed by atoms with Crippen LogP contribution in [0, 0.1) is 0 Å². The van der Waals surface area contributed by atoms with Gasteiger partial charge in [-0.05, 0) is 25.2 Å². The fourth-order valence-corrected chi connectivity index (χ4v) is 6.03. The summed E-state index contributed by atoms with van der Waals surface area (Å²) in [4.78, 5) is 0. The molecule has 1 nitrogen and oxygen atoms in total. The average molecular weight is 208 g/mol. The summed E-state index contributed by atoms with van der Waals surface area (Å²) in [5.74, 6) is 0. The lowest BCUT2D eigenvalue weighted by atomic mass is 10.6. The first-order chi connectivity index (χ1) is 5.64. The fraction of sp³-hybridized carbons (Fsp3) is 1.00. The van der Waals surface area contributed by atoms with Crippen LogP contribution in [-0.4, -0.2) is 25.2 Å². The SMILES string of the molecule is CCC[Si](Cl)(CC)N(CC)CC. The second kappa shape index (κ2) is 6.00. The Hall–Kier alpha value is 0.467. The number of nitrogens with zero attached hydrogens (tertiary/aromatic N) is 1. The van der Waals surface area contributed by atoms with Crippen molar-refractivity contribution in [2.24, 2.45) is 0 Å². The summed E-state index contributed by atoms with van der Waals surface area (Å²) in [6, 6.07) is 2.40. The van der Waals surface area contributed by atoms with Gasteiger partial charge in [0.25, 0.3) is 0 Å². The predicted octanol–water partition coefficient (Wildman–Crippen LogP) is 3.44. The third kappa shape index (κ3) is 3.07. The van der Waals surface area contributed by atoms with Gasteiger partial charge in [-0.2, -0.15) is 0 Å². The highest BCUT2D eigenvalue weighted by Crippen LogP contribution is 2.25. The molecule has 0 amide bonds. The molecule has 1 atom stereocenters. The molecule has 0 aliphatic rings. The van der Waals surface area contributed by atoms with Crippen LogP contribution < -0.4 is 0 Å². The molecule has 0 aliphatic heterocycles. The van der Waals surface area contributed by atoms with E-state index in [2.05, 4.69) is 32.3 Å². The van der Waals surface area contributed by atoms with Crippen LogP contribution in [0.2, 0.25) is 12.1 Å². The maximum atomic E-state index is 6.65. The van der Waals surface area contributed by atoms with Gasteiger partial charge < -0.3 is 4.57 Å². The Bertz CT molecular complexity index is 117. The predicted molar refractivity (Wildman–Crippen MR) is 60.1 cm³/mol. The largest absolute Gasteiger partial charge is 0.312 e. The molecule has 1 unspecified atom stereocenters. The molecule has 0 fully saturated rings. The normalized spacial score (nSPS) is 16.5. The molecule has 0 saturated heterocycles. The molecule has 0 heterocycles. The van der Waals surface area contributed by atoms with Crippen LogP contribution in [0.3, 0.4) is 0 Å². The smallest absolute Gasteiger partial charge is 0.228 e. The topological polar surface area (TPSA) is 3.24 Å². The fourth-order valence-electron chi connectivity index (χ4n) is 1.73. The minimum absolute atomic E-state index is 1.11. The summed E-state index contributed by atoms with van der Waals surface area (Å²) in [5.41, 5.74) is 0. The van der Waals surface area contributed by atoms with E-state index >= 15 is 0 Å². The van der Waals surface area contributed by atoms with Gasteiger partial charge in [0, 0.05) is 0 Å².